The summed E-state index contributed by atoms with van der Waals surface area (Å²) in [5, 5.41) is 3.01. The predicted octanol–water partition coefficient (Wildman–Crippen LogP) is 2.91. The first kappa shape index (κ1) is 13.3. The number of hydrogen-bond donors (Lipinski definition) is 1. The fraction of sp³-hybridized carbons (Fsp3) is 0.375. The Morgan fingerprint density at radius 1 is 1.45 bits per heavy atom. The van der Waals surface area contributed by atoms with E-state index in [9.17, 15) is 4.79 Å². The van der Waals surface area contributed by atoms with Gasteiger partial charge in [0.2, 0.25) is 0 Å². The fourth-order valence-corrected chi connectivity index (χ4v) is 3.77. The SMILES string of the molecule is Cc1ccncc1CCNC(=O)c1cc2c(s1)CCC2. The first-order valence-electron chi connectivity index (χ1n) is 7.03. The minimum atomic E-state index is 0.0611. The molecule has 2 aromatic rings. The predicted molar refractivity (Wildman–Crippen MR) is 81.4 cm³/mol. The van der Waals surface area contributed by atoms with E-state index in [1.54, 1.807) is 17.5 Å². The highest BCUT2D eigenvalue weighted by atomic mass is 32.1. The molecule has 0 bridgehead atoms. The van der Waals surface area contributed by atoms with Gasteiger partial charge in [0, 0.05) is 23.8 Å². The van der Waals surface area contributed by atoms with E-state index >= 15 is 0 Å². The number of nitrogens with one attached hydrogen (secondary N) is 1. The normalized spacial score (nSPS) is 13.2. The number of carbonyl (C=O) groups excluding carboxylic acids is 1. The molecule has 0 saturated carbocycles. The van der Waals surface area contributed by atoms with Crippen molar-refractivity contribution in [1.82, 2.24) is 10.3 Å². The van der Waals surface area contributed by atoms with Gasteiger partial charge in [0.25, 0.3) is 5.91 Å². The molecule has 0 aromatic carbocycles. The maximum absolute atomic E-state index is 12.1. The summed E-state index contributed by atoms with van der Waals surface area (Å²) >= 11 is 1.66. The second-order valence-electron chi connectivity index (χ2n) is 5.22. The van der Waals surface area contributed by atoms with Gasteiger partial charge in [0.05, 0.1) is 4.88 Å². The molecule has 1 amide bonds. The second-order valence-corrected chi connectivity index (χ2v) is 6.36. The molecular formula is C16H18N2OS. The highest BCUT2D eigenvalue weighted by Crippen LogP contribution is 2.30. The van der Waals surface area contributed by atoms with Crippen LogP contribution in [0.15, 0.2) is 24.5 Å². The summed E-state index contributed by atoms with van der Waals surface area (Å²) < 4.78 is 0. The van der Waals surface area contributed by atoms with Crippen LogP contribution in [0.5, 0.6) is 0 Å². The summed E-state index contributed by atoms with van der Waals surface area (Å²) in [4.78, 5) is 18.5. The van der Waals surface area contributed by atoms with Gasteiger partial charge >= 0.3 is 0 Å². The lowest BCUT2D eigenvalue weighted by Crippen LogP contribution is -2.25. The molecule has 4 heteroatoms. The zero-order chi connectivity index (χ0) is 13.9. The van der Waals surface area contributed by atoms with Gasteiger partial charge in [-0.25, -0.2) is 0 Å². The number of aryl methyl sites for hydroxylation is 3. The summed E-state index contributed by atoms with van der Waals surface area (Å²) in [6, 6.07) is 4.07. The van der Waals surface area contributed by atoms with Crippen molar-refractivity contribution in [3.8, 4) is 0 Å². The largest absolute Gasteiger partial charge is 0.351 e. The van der Waals surface area contributed by atoms with Gasteiger partial charge in [-0.3, -0.25) is 9.78 Å². The first-order valence-corrected chi connectivity index (χ1v) is 7.85. The molecule has 3 rings (SSSR count). The zero-order valence-electron chi connectivity index (χ0n) is 11.6. The first-order chi connectivity index (χ1) is 9.74. The van der Waals surface area contributed by atoms with Crippen LogP contribution < -0.4 is 5.32 Å². The van der Waals surface area contributed by atoms with E-state index in [4.69, 9.17) is 0 Å². The Bertz CT molecular complexity index is 612. The lowest BCUT2D eigenvalue weighted by Gasteiger charge is -2.06. The van der Waals surface area contributed by atoms with Crippen molar-refractivity contribution in [2.45, 2.75) is 32.6 Å². The van der Waals surface area contributed by atoms with E-state index in [0.717, 1.165) is 24.1 Å². The minimum Gasteiger partial charge on any atom is -0.351 e. The van der Waals surface area contributed by atoms with Crippen LogP contribution in [0.4, 0.5) is 0 Å². The Morgan fingerprint density at radius 3 is 3.15 bits per heavy atom. The molecule has 1 N–H and O–H groups in total. The number of carbonyl (C=O) groups is 1. The number of thiophene rings is 1. The van der Waals surface area contributed by atoms with Gasteiger partial charge in [0.1, 0.15) is 0 Å². The number of nitrogens with zero attached hydrogens (tertiary/aromatic N) is 1. The molecule has 1 aliphatic carbocycles. The van der Waals surface area contributed by atoms with E-state index in [1.165, 1.54) is 28.0 Å². The van der Waals surface area contributed by atoms with Crippen LogP contribution in [0.3, 0.4) is 0 Å². The van der Waals surface area contributed by atoms with Gasteiger partial charge in [-0.05, 0) is 61.4 Å². The summed E-state index contributed by atoms with van der Waals surface area (Å²) in [5.41, 5.74) is 3.80. The molecule has 0 unspecified atom stereocenters. The molecular weight excluding hydrogens is 268 g/mol. The molecule has 0 fully saturated rings. The van der Waals surface area contributed by atoms with Crippen molar-refractivity contribution in [2.24, 2.45) is 0 Å². The third-order valence-electron chi connectivity index (χ3n) is 3.80. The molecule has 1 aliphatic rings. The van der Waals surface area contributed by atoms with Gasteiger partial charge in [-0.1, -0.05) is 0 Å². The number of fused-ring (bicyclic) bond motifs is 1. The number of amides is 1. The average Bonchev–Trinajstić information content (AvgIpc) is 3.01. The molecule has 2 aromatic heterocycles. The van der Waals surface area contributed by atoms with E-state index in [-0.39, 0.29) is 5.91 Å². The summed E-state index contributed by atoms with van der Waals surface area (Å²) in [7, 11) is 0. The maximum atomic E-state index is 12.1. The fourth-order valence-electron chi connectivity index (χ4n) is 2.60. The van der Waals surface area contributed by atoms with Crippen LogP contribution in [-0.4, -0.2) is 17.4 Å². The van der Waals surface area contributed by atoms with Crippen LogP contribution in [-0.2, 0) is 19.3 Å². The molecule has 3 nitrogen and oxygen atoms in total. The molecule has 2 heterocycles. The second kappa shape index (κ2) is 5.75. The van der Waals surface area contributed by atoms with Gasteiger partial charge in [0.15, 0.2) is 0 Å². The standard InChI is InChI=1S/C16H18N2OS/c1-11-5-7-17-10-13(11)6-8-18-16(19)15-9-12-3-2-4-14(12)20-15/h5,7,9-10H,2-4,6,8H2,1H3,(H,18,19). The van der Waals surface area contributed by atoms with Gasteiger partial charge in [-0.2, -0.15) is 0 Å². The molecule has 0 spiro atoms. The van der Waals surface area contributed by atoms with Crippen LogP contribution in [0.2, 0.25) is 0 Å². The lowest BCUT2D eigenvalue weighted by molar-refractivity contribution is 0.0958. The molecule has 0 saturated heterocycles. The summed E-state index contributed by atoms with van der Waals surface area (Å²) in [6.07, 6.45) is 8.02. The Morgan fingerprint density at radius 2 is 2.35 bits per heavy atom. The number of pyridine rings is 1. The Labute approximate surface area is 123 Å². The molecule has 20 heavy (non-hydrogen) atoms. The molecule has 104 valence electrons. The van der Waals surface area contributed by atoms with Crippen LogP contribution in [0, 0.1) is 6.92 Å². The maximum Gasteiger partial charge on any atom is 0.261 e. The summed E-state index contributed by atoms with van der Waals surface area (Å²) in [5.74, 6) is 0.0611. The highest BCUT2D eigenvalue weighted by molar-refractivity contribution is 7.14. The van der Waals surface area contributed by atoms with Gasteiger partial charge < -0.3 is 5.32 Å². The minimum absolute atomic E-state index is 0.0611. The number of rotatable bonds is 4. The van der Waals surface area contributed by atoms with Crippen molar-refractivity contribution >= 4 is 17.2 Å². The Balaban J connectivity index is 1.56. The molecule has 0 atom stereocenters. The Hall–Kier alpha value is -1.68. The van der Waals surface area contributed by atoms with Crippen LogP contribution in [0.25, 0.3) is 0 Å². The highest BCUT2D eigenvalue weighted by Gasteiger charge is 2.18. The average molecular weight is 286 g/mol. The lowest BCUT2D eigenvalue weighted by atomic mass is 10.1. The van der Waals surface area contributed by atoms with Crippen LogP contribution >= 0.6 is 11.3 Å². The van der Waals surface area contributed by atoms with E-state index in [0.29, 0.717) is 6.54 Å². The van der Waals surface area contributed by atoms with Gasteiger partial charge in [-0.15, -0.1) is 11.3 Å². The van der Waals surface area contributed by atoms with Crippen molar-refractivity contribution in [2.75, 3.05) is 6.54 Å². The quantitative estimate of drug-likeness (QED) is 0.939. The van der Waals surface area contributed by atoms with Crippen molar-refractivity contribution in [3.05, 3.63) is 51.0 Å². The zero-order valence-corrected chi connectivity index (χ0v) is 12.4. The van der Waals surface area contributed by atoms with Crippen molar-refractivity contribution < 1.29 is 4.79 Å². The number of hydrogen-bond acceptors (Lipinski definition) is 3. The smallest absolute Gasteiger partial charge is 0.261 e. The van der Waals surface area contributed by atoms with E-state index in [1.807, 2.05) is 12.3 Å². The van der Waals surface area contributed by atoms with E-state index < -0.39 is 0 Å². The topological polar surface area (TPSA) is 42.0 Å². The Kier molecular flexibility index (Phi) is 3.83. The third kappa shape index (κ3) is 2.75. The summed E-state index contributed by atoms with van der Waals surface area (Å²) in [6.45, 7) is 2.73. The van der Waals surface area contributed by atoms with Crippen molar-refractivity contribution in [3.63, 3.8) is 0 Å². The van der Waals surface area contributed by atoms with Crippen molar-refractivity contribution in [1.29, 1.82) is 0 Å². The number of aromatic nitrogens is 1. The monoisotopic (exact) mass is 286 g/mol. The van der Waals surface area contributed by atoms with Crippen LogP contribution in [0.1, 0.15) is 37.7 Å². The molecule has 0 aliphatic heterocycles. The molecule has 0 radical (unpaired) electrons. The van der Waals surface area contributed by atoms with E-state index in [2.05, 4.69) is 23.3 Å². The third-order valence-corrected chi connectivity index (χ3v) is 5.03.